The van der Waals surface area contributed by atoms with Gasteiger partial charge in [-0.05, 0) is 30.3 Å². The molecule has 0 aliphatic carbocycles. The van der Waals surface area contributed by atoms with Crippen LogP contribution in [0.5, 0.6) is 0 Å². The number of hydrogen-bond acceptors (Lipinski definition) is 5. The minimum absolute atomic E-state index is 0.238. The van der Waals surface area contributed by atoms with E-state index in [1.54, 1.807) is 29.1 Å². The van der Waals surface area contributed by atoms with Gasteiger partial charge in [-0.3, -0.25) is 9.59 Å². The third kappa shape index (κ3) is 3.41. The number of rotatable bonds is 5. The number of ketones is 1. The van der Waals surface area contributed by atoms with Crippen LogP contribution >= 0.6 is 0 Å². The molecule has 1 heterocycles. The Bertz CT molecular complexity index is 703. The Morgan fingerprint density at radius 3 is 2.18 bits per heavy atom. The molecule has 22 heavy (non-hydrogen) atoms. The molecule has 0 N–H and O–H groups in total. The molecule has 6 heteroatoms. The van der Waals surface area contributed by atoms with Crippen LogP contribution in [-0.4, -0.2) is 36.5 Å². The number of Topliss-reactive ketones (excluding diaryl/α,β-unsaturated/α-hetero) is 1. The number of methoxy groups -OCH3 is 2. The van der Waals surface area contributed by atoms with Gasteiger partial charge in [-0.25, -0.2) is 4.79 Å². The summed E-state index contributed by atoms with van der Waals surface area (Å²) in [6.45, 7) is 0. The van der Waals surface area contributed by atoms with Crippen molar-refractivity contribution in [2.75, 3.05) is 14.2 Å². The molecule has 2 aromatic rings. The molecule has 1 aromatic heterocycles. The van der Waals surface area contributed by atoms with Crippen LogP contribution in [-0.2, 0) is 14.3 Å². The predicted molar refractivity (Wildman–Crippen MR) is 78.1 cm³/mol. The van der Waals surface area contributed by atoms with Crippen molar-refractivity contribution >= 4 is 17.7 Å². The van der Waals surface area contributed by atoms with Gasteiger partial charge in [0.1, 0.15) is 6.42 Å². The fraction of sp³-hybridized carbons (Fsp3) is 0.188. The lowest BCUT2D eigenvalue weighted by molar-refractivity contribution is -0.139. The van der Waals surface area contributed by atoms with Gasteiger partial charge in [0.05, 0.1) is 19.8 Å². The monoisotopic (exact) mass is 301 g/mol. The third-order valence-electron chi connectivity index (χ3n) is 3.10. The molecule has 0 saturated heterocycles. The second-order valence-electron chi connectivity index (χ2n) is 4.53. The average Bonchev–Trinajstić information content (AvgIpc) is 3.07. The van der Waals surface area contributed by atoms with E-state index in [9.17, 15) is 14.4 Å². The number of carbonyl (C=O) groups excluding carboxylic acids is 3. The topological polar surface area (TPSA) is 74.6 Å². The first kappa shape index (κ1) is 15.5. The summed E-state index contributed by atoms with van der Waals surface area (Å²) in [5.41, 5.74) is 1.11. The molecule has 0 atom stereocenters. The number of hydrogen-bond donors (Lipinski definition) is 0. The molecule has 0 aliphatic heterocycles. The quantitative estimate of drug-likeness (QED) is 0.480. The molecule has 0 saturated carbocycles. The van der Waals surface area contributed by atoms with Crippen LogP contribution < -0.4 is 0 Å². The first-order chi connectivity index (χ1) is 10.5. The van der Waals surface area contributed by atoms with Crippen molar-refractivity contribution in [3.63, 3.8) is 0 Å². The summed E-state index contributed by atoms with van der Waals surface area (Å²) >= 11 is 0. The maximum atomic E-state index is 12.1. The van der Waals surface area contributed by atoms with E-state index in [1.165, 1.54) is 20.3 Å². The van der Waals surface area contributed by atoms with E-state index in [1.807, 2.05) is 12.1 Å². The number of ether oxygens (including phenoxy) is 2. The lowest BCUT2D eigenvalue weighted by Gasteiger charge is -2.09. The second kappa shape index (κ2) is 6.71. The summed E-state index contributed by atoms with van der Waals surface area (Å²) in [5.74, 6) is -1.61. The molecule has 0 spiro atoms. The molecule has 1 aromatic carbocycles. The zero-order valence-corrected chi connectivity index (χ0v) is 12.2. The molecular weight excluding hydrogens is 286 g/mol. The van der Waals surface area contributed by atoms with Crippen molar-refractivity contribution < 1.29 is 23.9 Å². The fourth-order valence-electron chi connectivity index (χ4n) is 1.97. The van der Waals surface area contributed by atoms with E-state index in [0.717, 1.165) is 0 Å². The van der Waals surface area contributed by atoms with Gasteiger partial charge in [0, 0.05) is 23.6 Å². The number of carbonyl (C=O) groups is 3. The van der Waals surface area contributed by atoms with Crippen LogP contribution in [0.4, 0.5) is 0 Å². The molecule has 114 valence electrons. The van der Waals surface area contributed by atoms with Crippen molar-refractivity contribution in [3.05, 3.63) is 53.9 Å². The summed E-state index contributed by atoms with van der Waals surface area (Å²) in [5, 5.41) is 0. The van der Waals surface area contributed by atoms with Crippen molar-refractivity contribution in [1.29, 1.82) is 0 Å². The lowest BCUT2D eigenvalue weighted by Crippen LogP contribution is -2.12. The number of nitrogens with zero attached hydrogens (tertiary/aromatic N) is 1. The van der Waals surface area contributed by atoms with Crippen LogP contribution in [0, 0.1) is 0 Å². The Morgan fingerprint density at radius 1 is 0.955 bits per heavy atom. The molecule has 6 nitrogen and oxygen atoms in total. The molecule has 0 radical (unpaired) electrons. The van der Waals surface area contributed by atoms with Crippen LogP contribution in [0.1, 0.15) is 27.1 Å². The van der Waals surface area contributed by atoms with Gasteiger partial charge in [0.2, 0.25) is 0 Å². The average molecular weight is 301 g/mol. The molecule has 0 unspecified atom stereocenters. The van der Waals surface area contributed by atoms with E-state index in [4.69, 9.17) is 4.74 Å². The lowest BCUT2D eigenvalue weighted by atomic mass is 10.0. The maximum Gasteiger partial charge on any atom is 0.337 e. The van der Waals surface area contributed by atoms with Crippen molar-refractivity contribution in [3.8, 4) is 5.69 Å². The molecule has 0 aliphatic rings. The Labute approximate surface area is 127 Å². The summed E-state index contributed by atoms with van der Waals surface area (Å²) in [6.07, 6.45) is 3.18. The zero-order chi connectivity index (χ0) is 16.1. The van der Waals surface area contributed by atoms with Crippen LogP contribution in [0.25, 0.3) is 5.69 Å². The van der Waals surface area contributed by atoms with E-state index in [0.29, 0.717) is 5.69 Å². The summed E-state index contributed by atoms with van der Waals surface area (Å²) < 4.78 is 10.9. The second-order valence-corrected chi connectivity index (χ2v) is 4.53. The largest absolute Gasteiger partial charge is 0.469 e. The van der Waals surface area contributed by atoms with Crippen molar-refractivity contribution in [2.24, 2.45) is 0 Å². The Kier molecular flexibility index (Phi) is 4.73. The van der Waals surface area contributed by atoms with E-state index in [2.05, 4.69) is 4.74 Å². The highest BCUT2D eigenvalue weighted by Gasteiger charge is 2.16. The highest BCUT2D eigenvalue weighted by molar-refractivity contribution is 6.07. The highest BCUT2D eigenvalue weighted by atomic mass is 16.5. The minimum atomic E-state index is -0.629. The molecule has 2 rings (SSSR count). The van der Waals surface area contributed by atoms with Gasteiger partial charge >= 0.3 is 11.9 Å². The van der Waals surface area contributed by atoms with E-state index < -0.39 is 17.7 Å². The summed E-state index contributed by atoms with van der Waals surface area (Å²) in [4.78, 5) is 35.1. The molecule has 0 fully saturated rings. The Hall–Kier alpha value is -2.89. The SMILES string of the molecule is COC(=O)CC(=O)c1cc(C(=O)OC)cc(-n2cccc2)c1. The smallest absolute Gasteiger partial charge is 0.337 e. The van der Waals surface area contributed by atoms with Gasteiger partial charge in [0.15, 0.2) is 5.78 Å². The Balaban J connectivity index is 2.44. The van der Waals surface area contributed by atoms with Crippen LogP contribution in [0.15, 0.2) is 42.7 Å². The van der Waals surface area contributed by atoms with Crippen LogP contribution in [0.2, 0.25) is 0 Å². The van der Waals surface area contributed by atoms with E-state index >= 15 is 0 Å². The third-order valence-corrected chi connectivity index (χ3v) is 3.10. The molecule has 0 bridgehead atoms. The number of benzene rings is 1. The fourth-order valence-corrected chi connectivity index (χ4v) is 1.97. The van der Waals surface area contributed by atoms with Gasteiger partial charge in [-0.15, -0.1) is 0 Å². The van der Waals surface area contributed by atoms with Crippen molar-refractivity contribution in [1.82, 2.24) is 4.57 Å². The maximum absolute atomic E-state index is 12.1. The Morgan fingerprint density at radius 2 is 1.59 bits per heavy atom. The van der Waals surface area contributed by atoms with Gasteiger partial charge in [-0.2, -0.15) is 0 Å². The number of aromatic nitrogens is 1. The zero-order valence-electron chi connectivity index (χ0n) is 12.2. The van der Waals surface area contributed by atoms with Gasteiger partial charge < -0.3 is 14.0 Å². The van der Waals surface area contributed by atoms with E-state index in [-0.39, 0.29) is 17.5 Å². The summed E-state index contributed by atoms with van der Waals surface area (Å²) in [6, 6.07) is 8.27. The van der Waals surface area contributed by atoms with Gasteiger partial charge in [0.25, 0.3) is 0 Å². The first-order valence-electron chi connectivity index (χ1n) is 6.52. The molecule has 0 amide bonds. The normalized spacial score (nSPS) is 10.1. The van der Waals surface area contributed by atoms with Crippen molar-refractivity contribution in [2.45, 2.75) is 6.42 Å². The summed E-state index contributed by atoms with van der Waals surface area (Å²) in [7, 11) is 2.48. The molecular formula is C16H15NO5. The highest BCUT2D eigenvalue weighted by Crippen LogP contribution is 2.17. The van der Waals surface area contributed by atoms with Crippen LogP contribution in [0.3, 0.4) is 0 Å². The number of esters is 2. The standard InChI is InChI=1S/C16H15NO5/c1-21-15(19)10-14(18)11-7-12(16(20)22-2)9-13(8-11)17-5-3-4-6-17/h3-9H,10H2,1-2H3. The van der Waals surface area contributed by atoms with Gasteiger partial charge in [-0.1, -0.05) is 0 Å². The first-order valence-corrected chi connectivity index (χ1v) is 6.52. The minimum Gasteiger partial charge on any atom is -0.469 e. The predicted octanol–water partition coefficient (Wildman–Crippen LogP) is 2.01.